The van der Waals surface area contributed by atoms with Gasteiger partial charge in [-0.3, -0.25) is 4.79 Å². The van der Waals surface area contributed by atoms with Gasteiger partial charge in [0.25, 0.3) is 0 Å². The van der Waals surface area contributed by atoms with Crippen LogP contribution in [0.3, 0.4) is 0 Å². The molecule has 1 unspecified atom stereocenters. The van der Waals surface area contributed by atoms with E-state index in [0.29, 0.717) is 6.42 Å². The first kappa shape index (κ1) is 16.2. The highest BCUT2D eigenvalue weighted by Gasteiger charge is 2.25. The van der Waals surface area contributed by atoms with Gasteiger partial charge >= 0.3 is 5.97 Å². The van der Waals surface area contributed by atoms with Crippen LogP contribution in [0.15, 0.2) is 23.1 Å². The van der Waals surface area contributed by atoms with E-state index in [2.05, 4.69) is 4.72 Å². The first-order valence-electron chi connectivity index (χ1n) is 5.46. The van der Waals surface area contributed by atoms with Crippen LogP contribution in [0.1, 0.15) is 19.8 Å². The predicted octanol–water partition coefficient (Wildman–Crippen LogP) is 2.53. The van der Waals surface area contributed by atoms with Gasteiger partial charge in [0.2, 0.25) is 10.0 Å². The molecule has 0 aromatic heterocycles. The Morgan fingerprint density at radius 3 is 2.32 bits per heavy atom. The fourth-order valence-corrected chi connectivity index (χ4v) is 3.96. The lowest BCUT2D eigenvalue weighted by Gasteiger charge is -2.16. The molecular weight excluding hydrogens is 313 g/mol. The molecule has 1 aromatic carbocycles. The number of carbonyl (C=O) groups is 1. The molecule has 0 saturated carbocycles. The molecular formula is C11H13Cl2NO4S. The molecule has 1 aromatic rings. The molecule has 0 aliphatic carbocycles. The number of nitrogens with one attached hydrogen (secondary N) is 1. The number of benzene rings is 1. The Morgan fingerprint density at radius 1 is 1.37 bits per heavy atom. The number of carboxylic acids is 1. The van der Waals surface area contributed by atoms with E-state index in [-0.39, 0.29) is 21.4 Å². The van der Waals surface area contributed by atoms with Crippen LogP contribution in [0, 0.1) is 0 Å². The summed E-state index contributed by atoms with van der Waals surface area (Å²) in [5.41, 5.74) is 0. The Morgan fingerprint density at radius 2 is 1.89 bits per heavy atom. The molecule has 1 rings (SSSR count). The van der Waals surface area contributed by atoms with Gasteiger partial charge in [-0.25, -0.2) is 13.1 Å². The average Bonchev–Trinajstić information content (AvgIpc) is 2.26. The Bertz CT molecular complexity index is 554. The summed E-state index contributed by atoms with van der Waals surface area (Å²) >= 11 is 11.7. The summed E-state index contributed by atoms with van der Waals surface area (Å²) in [6.07, 6.45) is 0.0331. The minimum absolute atomic E-state index is 0.00909. The zero-order chi connectivity index (χ0) is 14.6. The van der Waals surface area contributed by atoms with Crippen LogP contribution in [0.2, 0.25) is 10.0 Å². The minimum atomic E-state index is -3.96. The average molecular weight is 326 g/mol. The zero-order valence-electron chi connectivity index (χ0n) is 10.1. The lowest BCUT2D eigenvalue weighted by Crippen LogP contribution is -2.36. The topological polar surface area (TPSA) is 83.5 Å². The van der Waals surface area contributed by atoms with E-state index in [4.69, 9.17) is 28.3 Å². The highest BCUT2D eigenvalue weighted by atomic mass is 35.5. The van der Waals surface area contributed by atoms with Gasteiger partial charge in [0.1, 0.15) is 4.90 Å². The second-order valence-electron chi connectivity index (χ2n) is 3.88. The number of sulfonamides is 1. The second-order valence-corrected chi connectivity index (χ2v) is 6.34. The fourth-order valence-electron chi connectivity index (χ4n) is 1.50. The van der Waals surface area contributed by atoms with Gasteiger partial charge in [-0.2, -0.15) is 0 Å². The van der Waals surface area contributed by atoms with Crippen molar-refractivity contribution in [2.45, 2.75) is 30.7 Å². The molecule has 19 heavy (non-hydrogen) atoms. The van der Waals surface area contributed by atoms with Crippen LogP contribution in [0.25, 0.3) is 0 Å². The molecule has 0 amide bonds. The Balaban J connectivity index is 3.07. The summed E-state index contributed by atoms with van der Waals surface area (Å²) in [5, 5.41) is 8.69. The molecule has 0 spiro atoms. The number of carboxylic acid groups (broad SMARTS) is 1. The molecule has 0 bridgehead atoms. The molecule has 0 heterocycles. The maximum Gasteiger partial charge on any atom is 0.304 e. The zero-order valence-corrected chi connectivity index (χ0v) is 12.4. The van der Waals surface area contributed by atoms with Crippen LogP contribution in [0.4, 0.5) is 0 Å². The van der Waals surface area contributed by atoms with E-state index in [1.54, 1.807) is 6.92 Å². The summed E-state index contributed by atoms with van der Waals surface area (Å²) in [7, 11) is -3.96. The SMILES string of the molecule is CCC(CC(=O)O)NS(=O)(=O)c1c(Cl)cccc1Cl. The van der Waals surface area contributed by atoms with Gasteiger partial charge in [0.05, 0.1) is 16.5 Å². The van der Waals surface area contributed by atoms with Crippen molar-refractivity contribution in [3.8, 4) is 0 Å². The summed E-state index contributed by atoms with van der Waals surface area (Å²) < 4.78 is 26.6. The first-order valence-corrected chi connectivity index (χ1v) is 7.70. The number of hydrogen-bond donors (Lipinski definition) is 2. The maximum atomic E-state index is 12.2. The molecule has 1 atom stereocenters. The van der Waals surface area contributed by atoms with Crippen molar-refractivity contribution in [3.05, 3.63) is 28.2 Å². The van der Waals surface area contributed by atoms with Gasteiger partial charge in [-0.05, 0) is 18.6 Å². The van der Waals surface area contributed by atoms with E-state index in [1.807, 2.05) is 0 Å². The van der Waals surface area contributed by atoms with Crippen molar-refractivity contribution in [1.82, 2.24) is 4.72 Å². The fraction of sp³-hybridized carbons (Fsp3) is 0.364. The Hall–Kier alpha value is -0.820. The molecule has 0 aliphatic heterocycles. The van der Waals surface area contributed by atoms with Crippen LogP contribution in [0.5, 0.6) is 0 Å². The van der Waals surface area contributed by atoms with Crippen molar-refractivity contribution in [2.75, 3.05) is 0 Å². The van der Waals surface area contributed by atoms with Crippen molar-refractivity contribution < 1.29 is 18.3 Å². The first-order chi connectivity index (χ1) is 8.77. The monoisotopic (exact) mass is 325 g/mol. The van der Waals surface area contributed by atoms with Crippen LogP contribution < -0.4 is 4.72 Å². The van der Waals surface area contributed by atoms with Crippen LogP contribution in [-0.4, -0.2) is 25.5 Å². The minimum Gasteiger partial charge on any atom is -0.481 e. The third kappa shape index (κ3) is 4.35. The smallest absolute Gasteiger partial charge is 0.304 e. The summed E-state index contributed by atoms with van der Waals surface area (Å²) in [6, 6.07) is 3.62. The number of aliphatic carboxylic acids is 1. The van der Waals surface area contributed by atoms with E-state index in [9.17, 15) is 13.2 Å². The normalized spacial score (nSPS) is 13.2. The van der Waals surface area contributed by atoms with Crippen molar-refractivity contribution in [1.29, 1.82) is 0 Å². The van der Waals surface area contributed by atoms with Gasteiger partial charge in [0.15, 0.2) is 0 Å². The van der Waals surface area contributed by atoms with E-state index in [0.717, 1.165) is 0 Å². The number of halogens is 2. The molecule has 2 N–H and O–H groups in total. The van der Waals surface area contributed by atoms with Crippen molar-refractivity contribution >= 4 is 39.2 Å². The Kier molecular flexibility index (Phi) is 5.61. The lowest BCUT2D eigenvalue weighted by atomic mass is 10.2. The van der Waals surface area contributed by atoms with Crippen LogP contribution >= 0.6 is 23.2 Å². The van der Waals surface area contributed by atoms with E-state index >= 15 is 0 Å². The maximum absolute atomic E-state index is 12.2. The quantitative estimate of drug-likeness (QED) is 0.841. The van der Waals surface area contributed by atoms with Crippen LogP contribution in [-0.2, 0) is 14.8 Å². The van der Waals surface area contributed by atoms with Crippen molar-refractivity contribution in [2.24, 2.45) is 0 Å². The summed E-state index contributed by atoms with van der Waals surface area (Å²) in [6.45, 7) is 1.68. The van der Waals surface area contributed by atoms with Gasteiger partial charge in [-0.1, -0.05) is 36.2 Å². The summed E-state index contributed by atoms with van der Waals surface area (Å²) in [5.74, 6) is -1.08. The molecule has 5 nitrogen and oxygen atoms in total. The highest BCUT2D eigenvalue weighted by Crippen LogP contribution is 2.29. The lowest BCUT2D eigenvalue weighted by molar-refractivity contribution is -0.137. The third-order valence-electron chi connectivity index (χ3n) is 2.42. The second kappa shape index (κ2) is 6.56. The largest absolute Gasteiger partial charge is 0.481 e. The standard InChI is InChI=1S/C11H13Cl2NO4S/c1-2-7(6-10(15)16)14-19(17,18)11-8(12)4-3-5-9(11)13/h3-5,7,14H,2,6H2,1H3,(H,15,16). The summed E-state index contributed by atoms with van der Waals surface area (Å²) in [4.78, 5) is 10.4. The predicted molar refractivity (Wildman–Crippen MR) is 73.1 cm³/mol. The Labute approximate surface area is 121 Å². The molecule has 0 saturated heterocycles. The third-order valence-corrected chi connectivity index (χ3v) is 4.90. The highest BCUT2D eigenvalue weighted by molar-refractivity contribution is 7.89. The molecule has 106 valence electrons. The number of rotatable bonds is 6. The molecule has 8 heteroatoms. The van der Waals surface area contributed by atoms with Gasteiger partial charge < -0.3 is 5.11 Å². The van der Waals surface area contributed by atoms with E-state index in [1.165, 1.54) is 18.2 Å². The number of hydrogen-bond acceptors (Lipinski definition) is 3. The van der Waals surface area contributed by atoms with Gasteiger partial charge in [0, 0.05) is 6.04 Å². The molecule has 0 fully saturated rings. The van der Waals surface area contributed by atoms with E-state index < -0.39 is 22.0 Å². The van der Waals surface area contributed by atoms with Gasteiger partial charge in [-0.15, -0.1) is 0 Å². The van der Waals surface area contributed by atoms with Crippen molar-refractivity contribution in [3.63, 3.8) is 0 Å². The molecule has 0 aliphatic rings. The molecule has 0 radical (unpaired) electrons.